The molecule has 0 radical (unpaired) electrons. The quantitative estimate of drug-likeness (QED) is 0.350. The van der Waals surface area contributed by atoms with Crippen molar-refractivity contribution in [3.63, 3.8) is 0 Å². The zero-order valence-electron chi connectivity index (χ0n) is 20.5. The number of pyridine rings is 1. The molecule has 194 valence electrons. The molecule has 0 saturated carbocycles. The van der Waals surface area contributed by atoms with E-state index in [1.807, 2.05) is 13.0 Å². The van der Waals surface area contributed by atoms with E-state index < -0.39 is 15.4 Å². The van der Waals surface area contributed by atoms with Crippen molar-refractivity contribution in [3.05, 3.63) is 89.4 Å². The third-order valence-electron chi connectivity index (χ3n) is 7.19. The Balaban J connectivity index is 1.44. The van der Waals surface area contributed by atoms with E-state index in [1.54, 1.807) is 47.4 Å². The van der Waals surface area contributed by atoms with Crippen LogP contribution in [0.5, 0.6) is 0 Å². The highest BCUT2D eigenvalue weighted by atomic mass is 32.2. The molecule has 4 aromatic rings. The number of aromatic nitrogens is 6. The second-order valence-corrected chi connectivity index (χ2v) is 11.3. The standard InChI is InChI=1S/C26H24FN7O3S/c1-2-33-29-16-24(31-33)38(36,37)32-12-10-19-13-23-18(15-30-34(23)21-8-6-20(27)7-9-21)14-26(19,17-32)25(35)22-5-3-4-11-28-22/h3-9,11,13,15-16H,2,10,12,14,17H2,1H3. The first-order chi connectivity index (χ1) is 18.3. The third-order valence-corrected chi connectivity index (χ3v) is 8.89. The first-order valence-electron chi connectivity index (χ1n) is 12.2. The zero-order chi connectivity index (χ0) is 26.5. The van der Waals surface area contributed by atoms with Gasteiger partial charge in [0.25, 0.3) is 10.0 Å². The van der Waals surface area contributed by atoms with E-state index in [9.17, 15) is 17.6 Å². The molecule has 38 heavy (non-hydrogen) atoms. The predicted octanol–water partition coefficient (Wildman–Crippen LogP) is 2.92. The van der Waals surface area contributed by atoms with Gasteiger partial charge in [0, 0.05) is 19.3 Å². The maximum atomic E-state index is 14.1. The summed E-state index contributed by atoms with van der Waals surface area (Å²) in [6.07, 6.45) is 6.98. The molecule has 4 heterocycles. The van der Waals surface area contributed by atoms with Gasteiger partial charge in [-0.15, -0.1) is 5.10 Å². The number of carbonyl (C=O) groups excluding carboxylic acids is 1. The number of benzene rings is 1. The predicted molar refractivity (Wildman–Crippen MR) is 135 cm³/mol. The maximum absolute atomic E-state index is 14.1. The molecule has 1 aliphatic carbocycles. The molecular formula is C26H24FN7O3S. The highest BCUT2D eigenvalue weighted by Gasteiger charge is 2.51. The lowest BCUT2D eigenvalue weighted by Crippen LogP contribution is -2.53. The first-order valence-corrected chi connectivity index (χ1v) is 13.7. The minimum absolute atomic E-state index is 0.0588. The number of carbonyl (C=O) groups is 1. The summed E-state index contributed by atoms with van der Waals surface area (Å²) in [5.41, 5.74) is 2.19. The lowest BCUT2D eigenvalue weighted by Gasteiger charge is -2.44. The van der Waals surface area contributed by atoms with Crippen LogP contribution in [0.15, 0.2) is 71.7 Å². The van der Waals surface area contributed by atoms with Crippen molar-refractivity contribution in [3.8, 4) is 5.69 Å². The maximum Gasteiger partial charge on any atom is 0.264 e. The van der Waals surface area contributed by atoms with Crippen molar-refractivity contribution in [2.45, 2.75) is 31.3 Å². The lowest BCUT2D eigenvalue weighted by atomic mass is 9.65. The summed E-state index contributed by atoms with van der Waals surface area (Å²) < 4.78 is 43.7. The molecule has 6 rings (SSSR count). The Morgan fingerprint density at radius 1 is 1.11 bits per heavy atom. The summed E-state index contributed by atoms with van der Waals surface area (Å²) in [6, 6.07) is 11.1. The van der Waals surface area contributed by atoms with Gasteiger partial charge in [-0.05, 0) is 67.8 Å². The van der Waals surface area contributed by atoms with Gasteiger partial charge >= 0.3 is 0 Å². The summed E-state index contributed by atoms with van der Waals surface area (Å²) >= 11 is 0. The molecule has 1 aliphatic heterocycles. The molecule has 0 amide bonds. The summed E-state index contributed by atoms with van der Waals surface area (Å²) in [5, 5.41) is 12.5. The average Bonchev–Trinajstić information content (AvgIpc) is 3.59. The molecule has 2 aliphatic rings. The van der Waals surface area contributed by atoms with E-state index >= 15 is 0 Å². The van der Waals surface area contributed by atoms with Gasteiger partial charge in [0.15, 0.2) is 5.78 Å². The Labute approximate surface area is 218 Å². The van der Waals surface area contributed by atoms with E-state index in [0.717, 1.165) is 16.8 Å². The van der Waals surface area contributed by atoms with Gasteiger partial charge in [0.1, 0.15) is 11.5 Å². The Morgan fingerprint density at radius 3 is 2.63 bits per heavy atom. The monoisotopic (exact) mass is 533 g/mol. The second kappa shape index (κ2) is 9.07. The number of nitrogens with zero attached hydrogens (tertiary/aromatic N) is 7. The number of hydrogen-bond acceptors (Lipinski definition) is 7. The van der Waals surface area contributed by atoms with Gasteiger partial charge in [0.05, 0.1) is 35.7 Å². The van der Waals surface area contributed by atoms with Gasteiger partial charge < -0.3 is 0 Å². The van der Waals surface area contributed by atoms with Crippen molar-refractivity contribution < 1.29 is 17.6 Å². The zero-order valence-corrected chi connectivity index (χ0v) is 21.3. The number of sulfonamides is 1. The first kappa shape index (κ1) is 24.3. The lowest BCUT2D eigenvalue weighted by molar-refractivity contribution is 0.0770. The second-order valence-electron chi connectivity index (χ2n) is 9.38. The molecule has 0 N–H and O–H groups in total. The topological polar surface area (TPSA) is 116 Å². The number of aryl methyl sites for hydroxylation is 1. The number of Topliss-reactive ketones (excluding diaryl/α,β-unsaturated/α-hetero) is 1. The van der Waals surface area contributed by atoms with Crippen LogP contribution >= 0.6 is 0 Å². The van der Waals surface area contributed by atoms with Crippen molar-refractivity contribution in [1.29, 1.82) is 0 Å². The van der Waals surface area contributed by atoms with Crippen LogP contribution in [0.3, 0.4) is 0 Å². The number of fused-ring (bicyclic) bond motifs is 2. The molecule has 12 heteroatoms. The molecular weight excluding hydrogens is 509 g/mol. The molecule has 3 aromatic heterocycles. The number of ketones is 1. The van der Waals surface area contributed by atoms with Crippen molar-refractivity contribution in [2.75, 3.05) is 13.1 Å². The minimum atomic E-state index is -3.99. The van der Waals surface area contributed by atoms with Gasteiger partial charge in [0.2, 0.25) is 5.03 Å². The fraction of sp³-hybridized carbons (Fsp3) is 0.269. The highest BCUT2D eigenvalue weighted by molar-refractivity contribution is 7.89. The normalized spacial score (nSPS) is 19.5. The van der Waals surface area contributed by atoms with Gasteiger partial charge in [-0.2, -0.15) is 19.3 Å². The molecule has 1 unspecified atom stereocenters. The summed E-state index contributed by atoms with van der Waals surface area (Å²) in [5.74, 6) is -0.595. The van der Waals surface area contributed by atoms with Crippen LogP contribution in [0, 0.1) is 11.2 Å². The third kappa shape index (κ3) is 3.87. The van der Waals surface area contributed by atoms with E-state index in [2.05, 4.69) is 20.3 Å². The van der Waals surface area contributed by atoms with Crippen LogP contribution in [-0.4, -0.2) is 61.4 Å². The average molecular weight is 534 g/mol. The van der Waals surface area contributed by atoms with Gasteiger partial charge in [-0.1, -0.05) is 11.6 Å². The van der Waals surface area contributed by atoms with Gasteiger partial charge in [-0.25, -0.2) is 17.5 Å². The highest BCUT2D eigenvalue weighted by Crippen LogP contribution is 2.47. The van der Waals surface area contributed by atoms with Crippen LogP contribution in [-0.2, 0) is 23.0 Å². The number of piperidine rings is 1. The van der Waals surface area contributed by atoms with E-state index in [0.29, 0.717) is 18.7 Å². The molecule has 0 spiro atoms. The fourth-order valence-electron chi connectivity index (χ4n) is 5.24. The van der Waals surface area contributed by atoms with Crippen LogP contribution in [0.2, 0.25) is 0 Å². The van der Waals surface area contributed by atoms with Crippen molar-refractivity contribution in [1.82, 2.24) is 34.1 Å². The smallest absolute Gasteiger partial charge is 0.264 e. The summed E-state index contributed by atoms with van der Waals surface area (Å²) in [6.45, 7) is 2.38. The Morgan fingerprint density at radius 2 is 1.92 bits per heavy atom. The van der Waals surface area contributed by atoms with Crippen molar-refractivity contribution in [2.24, 2.45) is 5.41 Å². The van der Waals surface area contributed by atoms with E-state index in [4.69, 9.17) is 0 Å². The SMILES string of the molecule is CCn1ncc(S(=O)(=O)N2CCC3=Cc4c(cnn4-c4ccc(F)cc4)CC3(C(=O)c3ccccn3)C2)n1. The molecule has 1 atom stereocenters. The summed E-state index contributed by atoms with van der Waals surface area (Å²) in [7, 11) is -3.99. The fourth-order valence-corrected chi connectivity index (χ4v) is 6.60. The minimum Gasteiger partial charge on any atom is -0.291 e. The Kier molecular flexibility index (Phi) is 5.80. The van der Waals surface area contributed by atoms with Crippen LogP contribution in [0.4, 0.5) is 4.39 Å². The van der Waals surface area contributed by atoms with Crippen LogP contribution < -0.4 is 0 Å². The number of halogens is 1. The molecule has 1 aromatic carbocycles. The number of hydrogen-bond donors (Lipinski definition) is 0. The molecule has 1 fully saturated rings. The largest absolute Gasteiger partial charge is 0.291 e. The molecule has 10 nitrogen and oxygen atoms in total. The molecule has 0 bridgehead atoms. The van der Waals surface area contributed by atoms with E-state index in [-0.39, 0.29) is 41.8 Å². The van der Waals surface area contributed by atoms with E-state index in [1.165, 1.54) is 27.4 Å². The number of rotatable bonds is 6. The molecule has 1 saturated heterocycles. The summed E-state index contributed by atoms with van der Waals surface area (Å²) in [4.78, 5) is 19.7. The Bertz CT molecular complexity index is 1660. The van der Waals surface area contributed by atoms with Crippen LogP contribution in [0.25, 0.3) is 11.8 Å². The van der Waals surface area contributed by atoms with Gasteiger partial charge in [-0.3, -0.25) is 9.78 Å². The Hall–Kier alpha value is -4.03. The van der Waals surface area contributed by atoms with Crippen LogP contribution in [0.1, 0.15) is 35.1 Å². The van der Waals surface area contributed by atoms with Crippen molar-refractivity contribution >= 4 is 21.9 Å².